The molecule has 0 radical (unpaired) electrons. The number of fused-ring (bicyclic) bond motifs is 1. The van der Waals surface area contributed by atoms with Crippen molar-refractivity contribution >= 4 is 29.0 Å². The second-order valence-corrected chi connectivity index (χ2v) is 6.80. The molecule has 0 bridgehead atoms. The van der Waals surface area contributed by atoms with Crippen molar-refractivity contribution in [3.8, 4) is 0 Å². The number of para-hydroxylation sites is 1. The van der Waals surface area contributed by atoms with E-state index in [0.29, 0.717) is 31.7 Å². The molecule has 1 aromatic heterocycles. The normalized spacial score (nSPS) is 19.9. The van der Waals surface area contributed by atoms with Crippen molar-refractivity contribution in [2.45, 2.75) is 6.17 Å². The highest BCUT2D eigenvalue weighted by Crippen LogP contribution is 2.34. The van der Waals surface area contributed by atoms with E-state index >= 15 is 0 Å². The zero-order valence-corrected chi connectivity index (χ0v) is 13.9. The molecule has 1 saturated heterocycles. The molecule has 1 aromatic carbocycles. The molecule has 124 valence electrons. The number of urea groups is 1. The van der Waals surface area contributed by atoms with Gasteiger partial charge < -0.3 is 20.4 Å². The van der Waals surface area contributed by atoms with Crippen molar-refractivity contribution in [1.29, 1.82) is 0 Å². The molecule has 1 atom stereocenters. The van der Waals surface area contributed by atoms with E-state index < -0.39 is 0 Å². The largest absolute Gasteiger partial charge is 0.360 e. The van der Waals surface area contributed by atoms with Gasteiger partial charge in [-0.3, -0.25) is 4.79 Å². The van der Waals surface area contributed by atoms with Gasteiger partial charge in [0.2, 0.25) is 0 Å². The van der Waals surface area contributed by atoms with E-state index in [1.165, 1.54) is 0 Å². The molecular weight excluding hydrogens is 324 g/mol. The van der Waals surface area contributed by atoms with Gasteiger partial charge in [-0.05, 0) is 23.6 Å². The highest BCUT2D eigenvalue weighted by atomic mass is 32.1. The number of hydrogen-bond donors (Lipinski definition) is 2. The quantitative estimate of drug-likeness (QED) is 0.896. The van der Waals surface area contributed by atoms with Crippen LogP contribution in [0.3, 0.4) is 0 Å². The van der Waals surface area contributed by atoms with Crippen LogP contribution in [0.1, 0.15) is 21.4 Å². The molecule has 7 heteroatoms. The molecule has 0 aliphatic carbocycles. The molecule has 2 N–H and O–H groups in total. The predicted octanol–water partition coefficient (Wildman–Crippen LogP) is 2.34. The third-order valence-corrected chi connectivity index (χ3v) is 5.32. The van der Waals surface area contributed by atoms with Crippen molar-refractivity contribution in [2.75, 3.05) is 31.5 Å². The molecule has 6 nitrogen and oxygen atoms in total. The Kier molecular flexibility index (Phi) is 3.86. The predicted molar refractivity (Wildman–Crippen MR) is 93.1 cm³/mol. The molecule has 2 aliphatic heterocycles. The van der Waals surface area contributed by atoms with E-state index in [9.17, 15) is 9.59 Å². The molecule has 1 fully saturated rings. The van der Waals surface area contributed by atoms with Gasteiger partial charge >= 0.3 is 6.03 Å². The minimum Gasteiger partial charge on any atom is -0.360 e. The van der Waals surface area contributed by atoms with Crippen LogP contribution in [0.15, 0.2) is 41.8 Å². The summed E-state index contributed by atoms with van der Waals surface area (Å²) >= 11 is 1.62. The number of carbonyl (C=O) groups is 2. The van der Waals surface area contributed by atoms with Crippen molar-refractivity contribution < 1.29 is 9.59 Å². The third kappa shape index (κ3) is 2.60. The van der Waals surface area contributed by atoms with Crippen molar-refractivity contribution in [3.05, 3.63) is 52.2 Å². The van der Waals surface area contributed by atoms with E-state index in [2.05, 4.69) is 10.6 Å². The summed E-state index contributed by atoms with van der Waals surface area (Å²) in [6.07, 6.45) is -0.196. The maximum Gasteiger partial charge on any atom is 0.317 e. The smallest absolute Gasteiger partial charge is 0.317 e. The summed E-state index contributed by atoms with van der Waals surface area (Å²) in [6, 6.07) is 11.5. The summed E-state index contributed by atoms with van der Waals surface area (Å²) in [7, 11) is 0. The Hall–Kier alpha value is -2.54. The fourth-order valence-corrected chi connectivity index (χ4v) is 3.93. The molecule has 3 heterocycles. The van der Waals surface area contributed by atoms with Gasteiger partial charge in [0.1, 0.15) is 6.17 Å². The first-order valence-corrected chi connectivity index (χ1v) is 8.85. The number of nitrogens with one attached hydrogen (secondary N) is 2. The average Bonchev–Trinajstić information content (AvgIpc) is 3.26. The summed E-state index contributed by atoms with van der Waals surface area (Å²) in [5.41, 5.74) is 1.53. The number of thiophene rings is 1. The minimum absolute atomic E-state index is 0.00218. The second kappa shape index (κ2) is 6.16. The van der Waals surface area contributed by atoms with Crippen LogP contribution in [0.4, 0.5) is 10.5 Å². The Morgan fingerprint density at radius 2 is 2.00 bits per heavy atom. The van der Waals surface area contributed by atoms with E-state index in [1.807, 2.05) is 46.7 Å². The maximum absolute atomic E-state index is 13.0. The van der Waals surface area contributed by atoms with E-state index in [4.69, 9.17) is 0 Å². The van der Waals surface area contributed by atoms with Gasteiger partial charge in [0.05, 0.1) is 5.56 Å². The van der Waals surface area contributed by atoms with Gasteiger partial charge in [-0.15, -0.1) is 11.3 Å². The van der Waals surface area contributed by atoms with Crippen LogP contribution in [-0.2, 0) is 0 Å². The van der Waals surface area contributed by atoms with Crippen molar-refractivity contribution in [3.63, 3.8) is 0 Å². The average molecular weight is 342 g/mol. The Labute approximate surface area is 144 Å². The molecular formula is C17H18N4O2S. The number of benzene rings is 1. The summed E-state index contributed by atoms with van der Waals surface area (Å²) < 4.78 is 0. The number of hydrogen-bond acceptors (Lipinski definition) is 4. The zero-order valence-electron chi connectivity index (χ0n) is 13.1. The van der Waals surface area contributed by atoms with Gasteiger partial charge in [0, 0.05) is 36.7 Å². The zero-order chi connectivity index (χ0) is 16.5. The Bertz CT molecular complexity index is 762. The summed E-state index contributed by atoms with van der Waals surface area (Å²) in [6.45, 7) is 2.39. The molecule has 0 spiro atoms. The van der Waals surface area contributed by atoms with Crippen LogP contribution >= 0.6 is 11.3 Å². The number of nitrogens with zero attached hydrogens (tertiary/aromatic N) is 2. The van der Waals surface area contributed by atoms with Crippen LogP contribution in [0.25, 0.3) is 0 Å². The Balaban J connectivity index is 1.61. The van der Waals surface area contributed by atoms with E-state index in [1.54, 1.807) is 16.2 Å². The second-order valence-electron chi connectivity index (χ2n) is 5.83. The number of anilines is 1. The number of amides is 3. The maximum atomic E-state index is 13.0. The van der Waals surface area contributed by atoms with E-state index in [-0.39, 0.29) is 18.1 Å². The Morgan fingerprint density at radius 3 is 2.75 bits per heavy atom. The first-order valence-electron chi connectivity index (χ1n) is 7.97. The highest BCUT2D eigenvalue weighted by Gasteiger charge is 2.34. The molecule has 0 saturated carbocycles. The lowest BCUT2D eigenvalue weighted by molar-refractivity contribution is 0.0671. The third-order valence-electron chi connectivity index (χ3n) is 4.39. The molecule has 2 aromatic rings. The lowest BCUT2D eigenvalue weighted by Crippen LogP contribution is -2.46. The van der Waals surface area contributed by atoms with Gasteiger partial charge in [0.15, 0.2) is 0 Å². The Morgan fingerprint density at radius 1 is 1.12 bits per heavy atom. The van der Waals surface area contributed by atoms with Crippen LogP contribution < -0.4 is 10.6 Å². The summed E-state index contributed by atoms with van der Waals surface area (Å²) in [4.78, 5) is 29.4. The fourth-order valence-electron chi connectivity index (χ4n) is 3.15. The van der Waals surface area contributed by atoms with Crippen molar-refractivity contribution in [1.82, 2.24) is 15.1 Å². The van der Waals surface area contributed by atoms with Crippen LogP contribution in [0.2, 0.25) is 0 Å². The molecule has 1 unspecified atom stereocenters. The number of carbonyl (C=O) groups excluding carboxylic acids is 2. The molecule has 3 amide bonds. The van der Waals surface area contributed by atoms with Crippen LogP contribution in [-0.4, -0.2) is 47.9 Å². The van der Waals surface area contributed by atoms with Crippen molar-refractivity contribution in [2.24, 2.45) is 0 Å². The summed E-state index contributed by atoms with van der Waals surface area (Å²) in [5, 5.41) is 8.26. The standard InChI is InChI=1S/C17H18N4O2S/c22-16-12-4-1-2-5-13(12)19-15(14-6-3-11-24-14)21(16)10-9-20-8-7-18-17(20)23/h1-6,11,15,19H,7-10H2,(H,18,23). The van der Waals surface area contributed by atoms with Gasteiger partial charge in [-0.1, -0.05) is 18.2 Å². The first kappa shape index (κ1) is 15.0. The number of rotatable bonds is 4. The lowest BCUT2D eigenvalue weighted by Gasteiger charge is -2.38. The van der Waals surface area contributed by atoms with Gasteiger partial charge in [0.25, 0.3) is 5.91 Å². The molecule has 4 rings (SSSR count). The first-order chi connectivity index (χ1) is 11.7. The SMILES string of the molecule is O=C1NCCN1CCN1C(=O)c2ccccc2NC1c1cccs1. The van der Waals surface area contributed by atoms with Crippen LogP contribution in [0.5, 0.6) is 0 Å². The van der Waals surface area contributed by atoms with Crippen LogP contribution in [0, 0.1) is 0 Å². The van der Waals surface area contributed by atoms with Gasteiger partial charge in [-0.25, -0.2) is 4.79 Å². The summed E-state index contributed by atoms with van der Waals surface area (Å²) in [5.74, 6) is 0.00218. The monoisotopic (exact) mass is 342 g/mol. The fraction of sp³-hybridized carbons (Fsp3) is 0.294. The molecule has 2 aliphatic rings. The lowest BCUT2D eigenvalue weighted by atomic mass is 10.1. The topological polar surface area (TPSA) is 64.7 Å². The minimum atomic E-state index is -0.196. The highest BCUT2D eigenvalue weighted by molar-refractivity contribution is 7.10. The van der Waals surface area contributed by atoms with E-state index in [0.717, 1.165) is 10.6 Å². The molecule has 24 heavy (non-hydrogen) atoms. The van der Waals surface area contributed by atoms with Gasteiger partial charge in [-0.2, -0.15) is 0 Å².